The fourth-order valence-corrected chi connectivity index (χ4v) is 4.15. The van der Waals surface area contributed by atoms with Gasteiger partial charge >= 0.3 is 0 Å². The molecule has 2 aromatic rings. The zero-order chi connectivity index (χ0) is 23.1. The fraction of sp³-hybridized carbons (Fsp3) is 0.381. The molecule has 3 rings (SSSR count). The number of aryl methyl sites for hydroxylation is 1. The summed E-state index contributed by atoms with van der Waals surface area (Å²) in [6.45, 7) is 7.54. The van der Waals surface area contributed by atoms with Crippen molar-refractivity contribution in [2.75, 3.05) is 22.4 Å². The van der Waals surface area contributed by atoms with Gasteiger partial charge in [-0.05, 0) is 35.6 Å². The highest BCUT2D eigenvalue weighted by molar-refractivity contribution is 7.92. The van der Waals surface area contributed by atoms with Crippen molar-refractivity contribution in [2.45, 2.75) is 39.2 Å². The number of non-ortho nitro benzene ring substituents is 1. The maximum Gasteiger partial charge on any atom is 0.271 e. The Bertz CT molecular complexity index is 1150. The molecule has 2 aromatic carbocycles. The SMILES string of the molecule is Cc1ccc([N+](=O)[O-])cc1NC(=O)[C@H]1CN(S(C)(=O)=O)c2cc(C(C)(C)C)ccc2O1. The molecule has 0 radical (unpaired) electrons. The molecule has 1 atom stereocenters. The second-order valence-corrected chi connectivity index (χ2v) is 10.5. The molecular formula is C21H25N3O6S. The topological polar surface area (TPSA) is 119 Å². The number of carbonyl (C=O) groups is 1. The lowest BCUT2D eigenvalue weighted by molar-refractivity contribution is -0.384. The van der Waals surface area contributed by atoms with Crippen molar-refractivity contribution in [3.8, 4) is 5.75 Å². The molecule has 31 heavy (non-hydrogen) atoms. The van der Waals surface area contributed by atoms with Crippen LogP contribution in [-0.4, -0.2) is 38.2 Å². The Kier molecular flexibility index (Phi) is 5.70. The number of nitrogens with zero attached hydrogens (tertiary/aromatic N) is 2. The van der Waals surface area contributed by atoms with Gasteiger partial charge in [0.25, 0.3) is 11.6 Å². The summed E-state index contributed by atoms with van der Waals surface area (Å²) in [5, 5.41) is 13.7. The monoisotopic (exact) mass is 447 g/mol. The number of fused-ring (bicyclic) bond motifs is 1. The quantitative estimate of drug-likeness (QED) is 0.567. The molecule has 166 valence electrons. The van der Waals surface area contributed by atoms with Gasteiger partial charge in [0.1, 0.15) is 5.75 Å². The number of nitro benzene ring substituents is 1. The molecule has 1 N–H and O–H groups in total. The van der Waals surface area contributed by atoms with Crippen molar-refractivity contribution in [3.63, 3.8) is 0 Å². The lowest BCUT2D eigenvalue weighted by Gasteiger charge is -2.35. The van der Waals surface area contributed by atoms with Crippen LogP contribution in [0.5, 0.6) is 5.75 Å². The van der Waals surface area contributed by atoms with Crippen LogP contribution in [0.2, 0.25) is 0 Å². The Morgan fingerprint density at radius 1 is 1.23 bits per heavy atom. The highest BCUT2D eigenvalue weighted by Gasteiger charge is 2.36. The van der Waals surface area contributed by atoms with E-state index in [9.17, 15) is 23.3 Å². The molecule has 0 aliphatic carbocycles. The van der Waals surface area contributed by atoms with E-state index in [1.807, 2.05) is 26.8 Å². The predicted molar refractivity (Wildman–Crippen MR) is 118 cm³/mol. The first-order valence-corrected chi connectivity index (χ1v) is 11.5. The third-order valence-corrected chi connectivity index (χ3v) is 6.22. The summed E-state index contributed by atoms with van der Waals surface area (Å²) >= 11 is 0. The van der Waals surface area contributed by atoms with E-state index in [1.54, 1.807) is 19.1 Å². The third-order valence-electron chi connectivity index (χ3n) is 5.08. The molecule has 9 nitrogen and oxygen atoms in total. The first kappa shape index (κ1) is 22.5. The molecule has 1 amide bonds. The van der Waals surface area contributed by atoms with E-state index in [0.717, 1.165) is 16.1 Å². The Hall–Kier alpha value is -3.14. The first-order chi connectivity index (χ1) is 14.3. The summed E-state index contributed by atoms with van der Waals surface area (Å²) in [5.74, 6) is -0.316. The molecule has 0 saturated carbocycles. The summed E-state index contributed by atoms with van der Waals surface area (Å²) in [4.78, 5) is 23.4. The standard InChI is InChI=1S/C21H25N3O6S/c1-13-6-8-15(24(26)27)11-16(13)22-20(25)19-12-23(31(5,28)29)17-10-14(21(2,3)4)7-9-18(17)30-19/h6-11,19H,12H2,1-5H3,(H,22,25)/t19-/m1/s1. The van der Waals surface area contributed by atoms with Crippen LogP contribution in [0.1, 0.15) is 31.9 Å². The van der Waals surface area contributed by atoms with Crippen molar-refractivity contribution in [3.05, 3.63) is 57.6 Å². The zero-order valence-corrected chi connectivity index (χ0v) is 18.8. The summed E-state index contributed by atoms with van der Waals surface area (Å²) in [5.41, 5.74) is 1.84. The van der Waals surface area contributed by atoms with Crippen molar-refractivity contribution in [2.24, 2.45) is 0 Å². The molecule has 1 heterocycles. The molecule has 0 saturated heterocycles. The van der Waals surface area contributed by atoms with E-state index in [1.165, 1.54) is 18.2 Å². The Labute approximate surface area is 181 Å². The van der Waals surface area contributed by atoms with Crippen molar-refractivity contribution >= 4 is 33.0 Å². The molecule has 0 fully saturated rings. The van der Waals surface area contributed by atoms with Crippen LogP contribution in [0.25, 0.3) is 0 Å². The maximum atomic E-state index is 12.9. The number of rotatable bonds is 4. The normalized spacial score (nSPS) is 16.3. The van der Waals surface area contributed by atoms with Crippen molar-refractivity contribution in [1.29, 1.82) is 0 Å². The molecule has 0 bridgehead atoms. The highest BCUT2D eigenvalue weighted by Crippen LogP contribution is 2.38. The lowest BCUT2D eigenvalue weighted by Crippen LogP contribution is -2.48. The van der Waals surface area contributed by atoms with Gasteiger partial charge in [-0.15, -0.1) is 0 Å². The summed E-state index contributed by atoms with van der Waals surface area (Å²) < 4.78 is 31.9. The summed E-state index contributed by atoms with van der Waals surface area (Å²) in [7, 11) is -3.68. The van der Waals surface area contributed by atoms with Crippen LogP contribution < -0.4 is 14.4 Å². The van der Waals surface area contributed by atoms with Gasteiger partial charge in [-0.25, -0.2) is 8.42 Å². The average Bonchev–Trinajstić information content (AvgIpc) is 2.66. The molecule has 0 aromatic heterocycles. The Balaban J connectivity index is 1.94. The molecule has 1 aliphatic heterocycles. The maximum absolute atomic E-state index is 12.9. The highest BCUT2D eigenvalue weighted by atomic mass is 32.2. The van der Waals surface area contributed by atoms with E-state index < -0.39 is 27.0 Å². The molecular weight excluding hydrogens is 422 g/mol. The fourth-order valence-electron chi connectivity index (χ4n) is 3.24. The first-order valence-electron chi connectivity index (χ1n) is 9.62. The largest absolute Gasteiger partial charge is 0.476 e. The van der Waals surface area contributed by atoms with E-state index in [2.05, 4.69) is 5.32 Å². The smallest absolute Gasteiger partial charge is 0.271 e. The zero-order valence-electron chi connectivity index (χ0n) is 18.0. The second kappa shape index (κ2) is 7.84. The van der Waals surface area contributed by atoms with Crippen LogP contribution in [0, 0.1) is 17.0 Å². The summed E-state index contributed by atoms with van der Waals surface area (Å²) in [6, 6.07) is 9.39. The predicted octanol–water partition coefficient (Wildman–Crippen LogP) is 3.37. The number of carbonyl (C=O) groups excluding carboxylic acids is 1. The van der Waals surface area contributed by atoms with E-state index in [0.29, 0.717) is 11.3 Å². The van der Waals surface area contributed by atoms with Gasteiger partial charge in [-0.1, -0.05) is 32.9 Å². The minimum Gasteiger partial charge on any atom is -0.476 e. The van der Waals surface area contributed by atoms with Gasteiger partial charge in [-0.3, -0.25) is 19.2 Å². The minimum absolute atomic E-state index is 0.164. The van der Waals surface area contributed by atoms with Gasteiger partial charge in [-0.2, -0.15) is 0 Å². The van der Waals surface area contributed by atoms with Crippen LogP contribution in [0.15, 0.2) is 36.4 Å². The van der Waals surface area contributed by atoms with Gasteiger partial charge in [0.2, 0.25) is 10.0 Å². The summed E-state index contributed by atoms with van der Waals surface area (Å²) in [6.07, 6.45) is -0.0488. The Morgan fingerprint density at radius 2 is 1.90 bits per heavy atom. The van der Waals surface area contributed by atoms with E-state index in [4.69, 9.17) is 4.74 Å². The van der Waals surface area contributed by atoms with Crippen LogP contribution >= 0.6 is 0 Å². The van der Waals surface area contributed by atoms with Gasteiger partial charge in [0, 0.05) is 12.1 Å². The number of benzene rings is 2. The van der Waals surface area contributed by atoms with E-state index in [-0.39, 0.29) is 29.1 Å². The van der Waals surface area contributed by atoms with Gasteiger partial charge < -0.3 is 10.1 Å². The number of amides is 1. The van der Waals surface area contributed by atoms with Gasteiger partial charge in [0.05, 0.1) is 29.1 Å². The number of anilines is 2. The number of ether oxygens (including phenoxy) is 1. The van der Waals surface area contributed by atoms with Gasteiger partial charge in [0.15, 0.2) is 6.10 Å². The van der Waals surface area contributed by atoms with E-state index >= 15 is 0 Å². The Morgan fingerprint density at radius 3 is 2.48 bits per heavy atom. The lowest BCUT2D eigenvalue weighted by atomic mass is 9.86. The molecule has 0 unspecified atom stereocenters. The molecule has 0 spiro atoms. The number of hydrogen-bond acceptors (Lipinski definition) is 6. The number of sulfonamides is 1. The molecule has 1 aliphatic rings. The average molecular weight is 448 g/mol. The van der Waals surface area contributed by atoms with Crippen LogP contribution in [0.4, 0.5) is 17.1 Å². The van der Waals surface area contributed by atoms with Crippen molar-refractivity contribution < 1.29 is 22.9 Å². The van der Waals surface area contributed by atoms with Crippen LogP contribution in [-0.2, 0) is 20.2 Å². The minimum atomic E-state index is -3.68. The second-order valence-electron chi connectivity index (χ2n) is 8.58. The third kappa shape index (κ3) is 4.79. The number of nitro groups is 1. The molecule has 10 heteroatoms. The number of nitrogens with one attached hydrogen (secondary N) is 1. The number of hydrogen-bond donors (Lipinski definition) is 1. The van der Waals surface area contributed by atoms with Crippen molar-refractivity contribution in [1.82, 2.24) is 0 Å². The van der Waals surface area contributed by atoms with Crippen LogP contribution in [0.3, 0.4) is 0 Å².